The van der Waals surface area contributed by atoms with E-state index in [0.717, 1.165) is 18.9 Å². The van der Waals surface area contributed by atoms with Crippen LogP contribution in [0.4, 0.5) is 0 Å². The first-order valence-electron chi connectivity index (χ1n) is 8.00. The van der Waals surface area contributed by atoms with E-state index < -0.39 is 0 Å². The fraction of sp³-hybridized carbons (Fsp3) is 0.647. The van der Waals surface area contributed by atoms with Crippen LogP contribution in [0.1, 0.15) is 24.4 Å². The fourth-order valence-electron chi connectivity index (χ4n) is 3.79. The molecule has 4 heteroatoms. The molecule has 0 radical (unpaired) electrons. The molecule has 0 bridgehead atoms. The predicted molar refractivity (Wildman–Crippen MR) is 85.8 cm³/mol. The third-order valence-corrected chi connectivity index (χ3v) is 5.06. The van der Waals surface area contributed by atoms with Crippen molar-refractivity contribution >= 4 is 0 Å². The number of fused-ring (bicyclic) bond motifs is 1. The van der Waals surface area contributed by atoms with Crippen LogP contribution in [-0.4, -0.2) is 62.7 Å². The SMILES string of the molecule is CNC1c2ccccc2OCC1N(C)C1CCCN(C)C1. The molecule has 1 aromatic rings. The Morgan fingerprint density at radius 3 is 2.90 bits per heavy atom. The van der Waals surface area contributed by atoms with Crippen LogP contribution in [0.5, 0.6) is 5.75 Å². The van der Waals surface area contributed by atoms with Crippen LogP contribution in [-0.2, 0) is 0 Å². The largest absolute Gasteiger partial charge is 0.492 e. The van der Waals surface area contributed by atoms with E-state index >= 15 is 0 Å². The molecule has 1 N–H and O–H groups in total. The topological polar surface area (TPSA) is 27.7 Å². The van der Waals surface area contributed by atoms with E-state index in [1.807, 2.05) is 6.07 Å². The van der Waals surface area contributed by atoms with Crippen molar-refractivity contribution in [3.8, 4) is 5.75 Å². The summed E-state index contributed by atoms with van der Waals surface area (Å²) in [7, 11) is 6.54. The van der Waals surface area contributed by atoms with E-state index in [4.69, 9.17) is 4.74 Å². The minimum Gasteiger partial charge on any atom is -0.492 e. The summed E-state index contributed by atoms with van der Waals surface area (Å²) in [6.07, 6.45) is 2.58. The second-order valence-corrected chi connectivity index (χ2v) is 6.41. The maximum Gasteiger partial charge on any atom is 0.124 e. The van der Waals surface area contributed by atoms with Gasteiger partial charge in [0.1, 0.15) is 12.4 Å². The van der Waals surface area contributed by atoms with Crippen LogP contribution >= 0.6 is 0 Å². The van der Waals surface area contributed by atoms with Crippen LogP contribution < -0.4 is 10.1 Å². The fourth-order valence-corrected chi connectivity index (χ4v) is 3.79. The van der Waals surface area contributed by atoms with Crippen molar-refractivity contribution in [2.45, 2.75) is 31.0 Å². The molecule has 3 unspecified atom stereocenters. The van der Waals surface area contributed by atoms with Crippen LogP contribution in [0, 0.1) is 0 Å². The average Bonchev–Trinajstić information content (AvgIpc) is 2.53. The lowest BCUT2D eigenvalue weighted by Crippen LogP contribution is -2.55. The van der Waals surface area contributed by atoms with E-state index in [0.29, 0.717) is 18.1 Å². The van der Waals surface area contributed by atoms with Gasteiger partial charge in [0, 0.05) is 18.2 Å². The Labute approximate surface area is 128 Å². The normalized spacial score (nSPS) is 30.0. The zero-order valence-electron chi connectivity index (χ0n) is 13.4. The Kier molecular flexibility index (Phi) is 4.48. The second kappa shape index (κ2) is 6.34. The molecule has 0 aromatic heterocycles. The van der Waals surface area contributed by atoms with Crippen LogP contribution in [0.15, 0.2) is 24.3 Å². The first-order chi connectivity index (χ1) is 10.2. The third-order valence-electron chi connectivity index (χ3n) is 5.06. The summed E-state index contributed by atoms with van der Waals surface area (Å²) < 4.78 is 6.01. The summed E-state index contributed by atoms with van der Waals surface area (Å²) in [4.78, 5) is 4.98. The monoisotopic (exact) mass is 289 g/mol. The number of piperidine rings is 1. The Bertz CT molecular complexity index is 479. The lowest BCUT2D eigenvalue weighted by Gasteiger charge is -2.44. The van der Waals surface area contributed by atoms with Gasteiger partial charge in [-0.25, -0.2) is 0 Å². The van der Waals surface area contributed by atoms with Gasteiger partial charge in [-0.05, 0) is 46.6 Å². The first kappa shape index (κ1) is 14.8. The Hall–Kier alpha value is -1.10. The average molecular weight is 289 g/mol. The molecule has 1 saturated heterocycles. The lowest BCUT2D eigenvalue weighted by molar-refractivity contribution is 0.0452. The minimum atomic E-state index is 0.340. The summed E-state index contributed by atoms with van der Waals surface area (Å²) in [5.74, 6) is 1.03. The molecule has 1 fully saturated rings. The number of nitrogens with one attached hydrogen (secondary N) is 1. The summed E-state index contributed by atoms with van der Waals surface area (Å²) in [6, 6.07) is 9.76. The van der Waals surface area contributed by atoms with E-state index in [2.05, 4.69) is 54.5 Å². The van der Waals surface area contributed by atoms with Crippen molar-refractivity contribution in [1.82, 2.24) is 15.1 Å². The Morgan fingerprint density at radius 2 is 2.14 bits per heavy atom. The van der Waals surface area contributed by atoms with Gasteiger partial charge in [0.05, 0.1) is 12.1 Å². The molecule has 2 aliphatic heterocycles. The van der Waals surface area contributed by atoms with Gasteiger partial charge in [-0.15, -0.1) is 0 Å². The van der Waals surface area contributed by atoms with E-state index in [9.17, 15) is 0 Å². The van der Waals surface area contributed by atoms with Gasteiger partial charge in [0.25, 0.3) is 0 Å². The molecule has 1 aromatic carbocycles. The molecule has 0 spiro atoms. The van der Waals surface area contributed by atoms with E-state index in [-0.39, 0.29) is 0 Å². The number of hydrogen-bond donors (Lipinski definition) is 1. The van der Waals surface area contributed by atoms with Crippen molar-refractivity contribution in [3.05, 3.63) is 29.8 Å². The van der Waals surface area contributed by atoms with Crippen molar-refractivity contribution in [2.75, 3.05) is 40.8 Å². The standard InChI is InChI=1S/C17H27N3O/c1-18-17-14-8-4-5-9-16(14)21-12-15(17)20(3)13-7-6-10-19(2)11-13/h4-5,8-9,13,15,17-18H,6-7,10-12H2,1-3H3. The summed E-state index contributed by atoms with van der Waals surface area (Å²) in [6.45, 7) is 3.15. The quantitative estimate of drug-likeness (QED) is 0.917. The number of para-hydroxylation sites is 1. The second-order valence-electron chi connectivity index (χ2n) is 6.41. The molecule has 3 rings (SSSR count). The van der Waals surface area contributed by atoms with Crippen molar-refractivity contribution < 1.29 is 4.74 Å². The van der Waals surface area contributed by atoms with Gasteiger partial charge in [-0.1, -0.05) is 18.2 Å². The van der Waals surface area contributed by atoms with Gasteiger partial charge in [0.2, 0.25) is 0 Å². The number of likely N-dealkylation sites (N-methyl/N-ethyl adjacent to an activating group) is 3. The summed E-state index contributed by atoms with van der Waals surface area (Å²) in [5, 5.41) is 3.51. The van der Waals surface area contributed by atoms with Gasteiger partial charge in [-0.2, -0.15) is 0 Å². The summed E-state index contributed by atoms with van der Waals surface area (Å²) in [5.41, 5.74) is 1.28. The molecule has 0 aliphatic carbocycles. The highest BCUT2D eigenvalue weighted by molar-refractivity contribution is 5.38. The Balaban J connectivity index is 1.78. The molecule has 0 saturated carbocycles. The molecule has 2 heterocycles. The zero-order valence-corrected chi connectivity index (χ0v) is 13.4. The number of benzene rings is 1. The predicted octanol–water partition coefficient (Wildman–Crippen LogP) is 1.73. The molecule has 3 atom stereocenters. The zero-order chi connectivity index (χ0) is 14.8. The van der Waals surface area contributed by atoms with Crippen LogP contribution in [0.25, 0.3) is 0 Å². The minimum absolute atomic E-state index is 0.340. The maximum absolute atomic E-state index is 6.01. The van der Waals surface area contributed by atoms with Gasteiger partial charge in [-0.3, -0.25) is 4.90 Å². The number of hydrogen-bond acceptors (Lipinski definition) is 4. The lowest BCUT2D eigenvalue weighted by atomic mass is 9.93. The third kappa shape index (κ3) is 2.93. The van der Waals surface area contributed by atoms with Crippen LogP contribution in [0.3, 0.4) is 0 Å². The van der Waals surface area contributed by atoms with Gasteiger partial charge in [0.15, 0.2) is 0 Å². The number of likely N-dealkylation sites (tertiary alicyclic amines) is 1. The van der Waals surface area contributed by atoms with Crippen molar-refractivity contribution in [1.29, 1.82) is 0 Å². The highest BCUT2D eigenvalue weighted by Gasteiger charge is 2.36. The smallest absolute Gasteiger partial charge is 0.124 e. The maximum atomic E-state index is 6.01. The molecule has 116 valence electrons. The molecular weight excluding hydrogens is 262 g/mol. The highest BCUT2D eigenvalue weighted by atomic mass is 16.5. The number of nitrogens with zero attached hydrogens (tertiary/aromatic N) is 2. The number of rotatable bonds is 3. The molecule has 4 nitrogen and oxygen atoms in total. The number of ether oxygens (including phenoxy) is 1. The Morgan fingerprint density at radius 1 is 1.33 bits per heavy atom. The van der Waals surface area contributed by atoms with E-state index in [1.54, 1.807) is 0 Å². The van der Waals surface area contributed by atoms with Crippen molar-refractivity contribution in [3.63, 3.8) is 0 Å². The van der Waals surface area contributed by atoms with Crippen LogP contribution in [0.2, 0.25) is 0 Å². The van der Waals surface area contributed by atoms with Gasteiger partial charge >= 0.3 is 0 Å². The molecule has 0 amide bonds. The highest BCUT2D eigenvalue weighted by Crippen LogP contribution is 2.34. The van der Waals surface area contributed by atoms with E-state index in [1.165, 1.54) is 24.9 Å². The molecule has 21 heavy (non-hydrogen) atoms. The molecular formula is C17H27N3O. The van der Waals surface area contributed by atoms with Gasteiger partial charge < -0.3 is 15.0 Å². The summed E-state index contributed by atoms with van der Waals surface area (Å²) >= 11 is 0. The van der Waals surface area contributed by atoms with Crippen molar-refractivity contribution in [2.24, 2.45) is 0 Å². The first-order valence-corrected chi connectivity index (χ1v) is 8.00. The molecule has 2 aliphatic rings.